The highest BCUT2D eigenvalue weighted by molar-refractivity contribution is 6.31. The summed E-state index contributed by atoms with van der Waals surface area (Å²) < 4.78 is 11.4. The fraction of sp³-hybridized carbons (Fsp3) is 0.600. The maximum atomic E-state index is 6.25. The van der Waals surface area contributed by atoms with Crippen LogP contribution in [0.5, 0.6) is 0 Å². The lowest BCUT2D eigenvalue weighted by Crippen LogP contribution is -2.28. The molecule has 2 unspecified atom stereocenters. The van der Waals surface area contributed by atoms with Gasteiger partial charge in [0.15, 0.2) is 0 Å². The Balaban J connectivity index is 2.69. The highest BCUT2D eigenvalue weighted by Crippen LogP contribution is 2.26. The molecule has 0 saturated heterocycles. The summed E-state index contributed by atoms with van der Waals surface area (Å²) in [6.45, 7) is 9.04. The maximum Gasteiger partial charge on any atom is 0.0968 e. The van der Waals surface area contributed by atoms with Gasteiger partial charge in [-0.3, -0.25) is 0 Å². The number of benzene rings is 1. The van der Waals surface area contributed by atoms with Crippen LogP contribution in [0.2, 0.25) is 5.02 Å². The normalized spacial score (nSPS) is 14.3. The molecule has 0 saturated carbocycles. The van der Waals surface area contributed by atoms with E-state index in [1.165, 1.54) is 0 Å². The lowest BCUT2D eigenvalue weighted by molar-refractivity contribution is -0.0467. The molecule has 19 heavy (non-hydrogen) atoms. The second-order valence-corrected chi connectivity index (χ2v) is 4.83. The third-order valence-electron chi connectivity index (χ3n) is 2.79. The van der Waals surface area contributed by atoms with Gasteiger partial charge in [-0.2, -0.15) is 0 Å². The molecule has 0 spiro atoms. The van der Waals surface area contributed by atoms with E-state index in [1.807, 2.05) is 38.1 Å². The fourth-order valence-corrected chi connectivity index (χ4v) is 2.10. The Hall–Kier alpha value is -0.610. The molecule has 0 aromatic heterocycles. The summed E-state index contributed by atoms with van der Waals surface area (Å²) in [5, 5.41) is 4.06. The summed E-state index contributed by atoms with van der Waals surface area (Å²) in [4.78, 5) is 0. The van der Waals surface area contributed by atoms with Crippen molar-refractivity contribution >= 4 is 11.6 Å². The van der Waals surface area contributed by atoms with Crippen molar-refractivity contribution in [3.8, 4) is 0 Å². The standard InChI is InChI=1S/C15H24ClNO2/c1-4-17-10-15(19-12(3)11-18-5-2)13-8-6-7-9-14(13)16/h6-9,12,15,17H,4-5,10-11H2,1-3H3. The number of halogens is 1. The molecule has 0 aliphatic rings. The molecule has 3 nitrogen and oxygen atoms in total. The summed E-state index contributed by atoms with van der Waals surface area (Å²) in [6.07, 6.45) is -0.0102. The molecule has 1 aromatic rings. The van der Waals surface area contributed by atoms with Gasteiger partial charge in [-0.1, -0.05) is 36.7 Å². The van der Waals surface area contributed by atoms with Crippen LogP contribution in [0.15, 0.2) is 24.3 Å². The van der Waals surface area contributed by atoms with E-state index in [0.717, 1.165) is 23.7 Å². The van der Waals surface area contributed by atoms with Gasteiger partial charge in [-0.25, -0.2) is 0 Å². The van der Waals surface area contributed by atoms with Crippen LogP contribution in [0, 0.1) is 0 Å². The lowest BCUT2D eigenvalue weighted by atomic mass is 10.1. The van der Waals surface area contributed by atoms with Gasteiger partial charge < -0.3 is 14.8 Å². The molecular formula is C15H24ClNO2. The lowest BCUT2D eigenvalue weighted by Gasteiger charge is -2.24. The van der Waals surface area contributed by atoms with Crippen molar-refractivity contribution in [1.82, 2.24) is 5.32 Å². The van der Waals surface area contributed by atoms with Crippen LogP contribution in [0.4, 0.5) is 0 Å². The van der Waals surface area contributed by atoms with Crippen LogP contribution in [-0.2, 0) is 9.47 Å². The molecule has 0 radical (unpaired) electrons. The minimum Gasteiger partial charge on any atom is -0.379 e. The largest absolute Gasteiger partial charge is 0.379 e. The minimum absolute atomic E-state index is 0.0416. The van der Waals surface area contributed by atoms with Crippen LogP contribution in [0.1, 0.15) is 32.4 Å². The molecule has 0 bridgehead atoms. The number of hydrogen-bond acceptors (Lipinski definition) is 3. The first-order valence-electron chi connectivity index (χ1n) is 6.87. The van der Waals surface area contributed by atoms with Gasteiger partial charge in [0.1, 0.15) is 0 Å². The van der Waals surface area contributed by atoms with E-state index in [4.69, 9.17) is 21.1 Å². The summed E-state index contributed by atoms with van der Waals surface area (Å²) >= 11 is 6.25. The molecule has 0 aliphatic heterocycles. The highest BCUT2D eigenvalue weighted by Gasteiger charge is 2.17. The zero-order valence-corrected chi connectivity index (χ0v) is 12.7. The Labute approximate surface area is 121 Å². The summed E-state index contributed by atoms with van der Waals surface area (Å²) in [5.74, 6) is 0. The molecule has 1 rings (SSSR count). The summed E-state index contributed by atoms with van der Waals surface area (Å²) in [6, 6.07) is 7.82. The van der Waals surface area contributed by atoms with E-state index in [1.54, 1.807) is 0 Å². The van der Waals surface area contributed by atoms with E-state index in [2.05, 4.69) is 12.2 Å². The fourth-order valence-electron chi connectivity index (χ4n) is 1.85. The van der Waals surface area contributed by atoms with Crippen molar-refractivity contribution in [2.24, 2.45) is 0 Å². The van der Waals surface area contributed by atoms with E-state index in [-0.39, 0.29) is 12.2 Å². The van der Waals surface area contributed by atoms with Gasteiger partial charge in [0.25, 0.3) is 0 Å². The van der Waals surface area contributed by atoms with Crippen LogP contribution < -0.4 is 5.32 Å². The van der Waals surface area contributed by atoms with Crippen LogP contribution in [-0.4, -0.2) is 32.4 Å². The molecule has 0 fully saturated rings. The third-order valence-corrected chi connectivity index (χ3v) is 3.13. The van der Waals surface area contributed by atoms with Gasteiger partial charge >= 0.3 is 0 Å². The first kappa shape index (κ1) is 16.4. The molecule has 1 aromatic carbocycles. The van der Waals surface area contributed by atoms with Crippen molar-refractivity contribution < 1.29 is 9.47 Å². The first-order chi connectivity index (χ1) is 9.19. The van der Waals surface area contributed by atoms with E-state index in [9.17, 15) is 0 Å². The maximum absolute atomic E-state index is 6.25. The molecule has 108 valence electrons. The first-order valence-corrected chi connectivity index (χ1v) is 7.25. The molecule has 0 heterocycles. The molecule has 1 N–H and O–H groups in total. The van der Waals surface area contributed by atoms with Gasteiger partial charge in [0.2, 0.25) is 0 Å². The van der Waals surface area contributed by atoms with Gasteiger partial charge in [0, 0.05) is 23.7 Å². The van der Waals surface area contributed by atoms with Crippen molar-refractivity contribution in [3.63, 3.8) is 0 Å². The average molecular weight is 286 g/mol. The number of likely N-dealkylation sites (N-methyl/N-ethyl adjacent to an activating group) is 1. The van der Waals surface area contributed by atoms with Gasteiger partial charge in [-0.05, 0) is 26.5 Å². The Bertz CT molecular complexity index is 360. The van der Waals surface area contributed by atoms with Crippen LogP contribution in [0.3, 0.4) is 0 Å². The Kier molecular flexibility index (Phi) is 8.07. The van der Waals surface area contributed by atoms with Crippen molar-refractivity contribution in [2.45, 2.75) is 33.0 Å². The zero-order valence-electron chi connectivity index (χ0n) is 12.0. The minimum atomic E-state index is -0.0518. The predicted molar refractivity (Wildman–Crippen MR) is 79.8 cm³/mol. The smallest absolute Gasteiger partial charge is 0.0968 e. The Morgan fingerprint density at radius 2 is 2.00 bits per heavy atom. The predicted octanol–water partition coefficient (Wildman–Crippen LogP) is 3.43. The third kappa shape index (κ3) is 5.91. The van der Waals surface area contributed by atoms with E-state index in [0.29, 0.717) is 13.2 Å². The van der Waals surface area contributed by atoms with E-state index < -0.39 is 0 Å². The van der Waals surface area contributed by atoms with Crippen LogP contribution in [0.25, 0.3) is 0 Å². The highest BCUT2D eigenvalue weighted by atomic mass is 35.5. The molecule has 2 atom stereocenters. The number of ether oxygens (including phenoxy) is 2. The SMILES string of the molecule is CCNCC(OC(C)COCC)c1ccccc1Cl. The molecule has 0 aliphatic carbocycles. The quantitative estimate of drug-likeness (QED) is 0.754. The van der Waals surface area contributed by atoms with Gasteiger partial charge in [0.05, 0.1) is 18.8 Å². The molecule has 4 heteroatoms. The Morgan fingerprint density at radius 3 is 2.63 bits per heavy atom. The van der Waals surface area contributed by atoms with Gasteiger partial charge in [-0.15, -0.1) is 0 Å². The number of nitrogens with one attached hydrogen (secondary N) is 1. The van der Waals surface area contributed by atoms with Crippen LogP contribution >= 0.6 is 11.6 Å². The van der Waals surface area contributed by atoms with Crippen molar-refractivity contribution in [2.75, 3.05) is 26.3 Å². The molecule has 0 amide bonds. The molecular weight excluding hydrogens is 262 g/mol. The average Bonchev–Trinajstić information content (AvgIpc) is 2.42. The second-order valence-electron chi connectivity index (χ2n) is 4.42. The Morgan fingerprint density at radius 1 is 1.26 bits per heavy atom. The van der Waals surface area contributed by atoms with Crippen molar-refractivity contribution in [3.05, 3.63) is 34.9 Å². The second kappa shape index (κ2) is 9.32. The van der Waals surface area contributed by atoms with E-state index >= 15 is 0 Å². The topological polar surface area (TPSA) is 30.5 Å². The monoisotopic (exact) mass is 285 g/mol. The number of rotatable bonds is 9. The summed E-state index contributed by atoms with van der Waals surface area (Å²) in [7, 11) is 0. The summed E-state index contributed by atoms with van der Waals surface area (Å²) in [5.41, 5.74) is 1.02. The zero-order chi connectivity index (χ0) is 14.1. The number of hydrogen-bond donors (Lipinski definition) is 1. The van der Waals surface area contributed by atoms with Crippen molar-refractivity contribution in [1.29, 1.82) is 0 Å².